The molecule has 1 aliphatic carbocycles. The maximum absolute atomic E-state index is 5.52. The van der Waals surface area contributed by atoms with Crippen LogP contribution in [0, 0.1) is 6.92 Å². The number of nitrogens with one attached hydrogen (secondary N) is 2. The quantitative estimate of drug-likeness (QED) is 0.572. The number of thiazole rings is 1. The van der Waals surface area contributed by atoms with Crippen LogP contribution in [0.5, 0.6) is 0 Å². The number of rotatable bonds is 5. The molecule has 7 heteroatoms. The van der Waals surface area contributed by atoms with Gasteiger partial charge in [-0.15, -0.1) is 11.3 Å². The predicted octanol–water partition coefficient (Wildman–Crippen LogP) is 2.02. The summed E-state index contributed by atoms with van der Waals surface area (Å²) in [6.45, 7) is 2.62. The van der Waals surface area contributed by atoms with Gasteiger partial charge in [-0.25, -0.2) is 20.8 Å². The lowest BCUT2D eigenvalue weighted by Crippen LogP contribution is -2.14. The van der Waals surface area contributed by atoms with Crippen LogP contribution in [0.2, 0.25) is 0 Å². The van der Waals surface area contributed by atoms with E-state index in [4.69, 9.17) is 5.84 Å². The van der Waals surface area contributed by atoms with Crippen LogP contribution in [-0.2, 0) is 6.54 Å². The van der Waals surface area contributed by atoms with Gasteiger partial charge in [-0.3, -0.25) is 0 Å². The van der Waals surface area contributed by atoms with Crippen LogP contribution in [0.1, 0.15) is 35.2 Å². The van der Waals surface area contributed by atoms with E-state index in [1.54, 1.807) is 17.5 Å². The average molecular weight is 276 g/mol. The molecule has 2 aromatic heterocycles. The summed E-state index contributed by atoms with van der Waals surface area (Å²) in [5, 5.41) is 6.31. The van der Waals surface area contributed by atoms with Gasteiger partial charge in [0.1, 0.15) is 22.5 Å². The van der Waals surface area contributed by atoms with E-state index in [1.807, 2.05) is 12.3 Å². The maximum Gasteiger partial charge on any atom is 0.148 e. The largest absolute Gasteiger partial charge is 0.363 e. The van der Waals surface area contributed by atoms with Crippen molar-refractivity contribution in [2.75, 3.05) is 10.7 Å². The molecule has 100 valence electrons. The molecule has 1 fully saturated rings. The first-order valence-corrected chi connectivity index (χ1v) is 7.13. The summed E-state index contributed by atoms with van der Waals surface area (Å²) in [6.07, 6.45) is 4.13. The lowest BCUT2D eigenvalue weighted by Gasteiger charge is -2.12. The lowest BCUT2D eigenvalue weighted by molar-refractivity contribution is 0.909. The third-order valence-electron chi connectivity index (χ3n) is 3.13. The molecule has 1 aliphatic rings. The number of nitrogens with zero attached hydrogens (tertiary/aromatic N) is 3. The molecule has 0 spiro atoms. The summed E-state index contributed by atoms with van der Waals surface area (Å²) in [5.41, 5.74) is 3.58. The highest BCUT2D eigenvalue weighted by atomic mass is 32.1. The van der Waals surface area contributed by atoms with Crippen molar-refractivity contribution in [3.63, 3.8) is 0 Å². The highest BCUT2D eigenvalue weighted by Crippen LogP contribution is 2.39. The average Bonchev–Trinajstić information content (AvgIpc) is 3.14. The fraction of sp³-hybridized carbons (Fsp3) is 0.417. The zero-order valence-electron chi connectivity index (χ0n) is 10.7. The highest BCUT2D eigenvalue weighted by molar-refractivity contribution is 7.09. The van der Waals surface area contributed by atoms with Crippen molar-refractivity contribution in [3.8, 4) is 0 Å². The van der Waals surface area contributed by atoms with Gasteiger partial charge in [0.15, 0.2) is 0 Å². The van der Waals surface area contributed by atoms with Gasteiger partial charge in [0.2, 0.25) is 0 Å². The van der Waals surface area contributed by atoms with Crippen molar-refractivity contribution in [1.82, 2.24) is 15.0 Å². The predicted molar refractivity (Wildman–Crippen MR) is 76.0 cm³/mol. The van der Waals surface area contributed by atoms with E-state index in [1.165, 1.54) is 12.8 Å². The molecule has 2 heterocycles. The molecule has 0 aliphatic heterocycles. The second kappa shape index (κ2) is 5.10. The molecule has 0 aromatic carbocycles. The normalized spacial score (nSPS) is 14.4. The van der Waals surface area contributed by atoms with Crippen molar-refractivity contribution in [3.05, 3.63) is 28.0 Å². The summed E-state index contributed by atoms with van der Waals surface area (Å²) >= 11 is 1.62. The third kappa shape index (κ3) is 2.66. The van der Waals surface area contributed by atoms with Crippen molar-refractivity contribution >= 4 is 23.0 Å². The Bertz CT molecular complexity index is 564. The number of hydrazine groups is 1. The van der Waals surface area contributed by atoms with Crippen molar-refractivity contribution in [1.29, 1.82) is 0 Å². The standard InChI is InChI=1S/C12H16N6S/c1-7-10(15-6-9-14-4-5-19-9)16-12(8-2-3-8)17-11(7)18-13/h4-5,8H,2-3,6,13H2,1H3,(H2,15,16,17,18). The molecule has 0 atom stereocenters. The molecule has 0 radical (unpaired) electrons. The maximum atomic E-state index is 5.52. The number of hydrogen-bond donors (Lipinski definition) is 3. The Morgan fingerprint density at radius 1 is 1.37 bits per heavy atom. The van der Waals surface area contributed by atoms with E-state index in [2.05, 4.69) is 25.7 Å². The number of anilines is 2. The molecule has 1 saturated carbocycles. The van der Waals surface area contributed by atoms with Gasteiger partial charge >= 0.3 is 0 Å². The molecule has 0 amide bonds. The van der Waals surface area contributed by atoms with E-state index >= 15 is 0 Å². The van der Waals surface area contributed by atoms with Gasteiger partial charge in [0.25, 0.3) is 0 Å². The van der Waals surface area contributed by atoms with E-state index in [0.29, 0.717) is 18.3 Å². The van der Waals surface area contributed by atoms with E-state index in [9.17, 15) is 0 Å². The Kier molecular flexibility index (Phi) is 3.31. The van der Waals surface area contributed by atoms with Gasteiger partial charge in [-0.1, -0.05) is 0 Å². The smallest absolute Gasteiger partial charge is 0.148 e. The fourth-order valence-electron chi connectivity index (χ4n) is 1.87. The van der Waals surface area contributed by atoms with Crippen molar-refractivity contribution in [2.45, 2.75) is 32.2 Å². The molecular formula is C12H16N6S. The zero-order valence-corrected chi connectivity index (χ0v) is 11.5. The second-order valence-corrected chi connectivity index (χ2v) is 5.58. The minimum atomic E-state index is 0.494. The lowest BCUT2D eigenvalue weighted by atomic mass is 10.3. The van der Waals surface area contributed by atoms with Crippen molar-refractivity contribution in [2.24, 2.45) is 5.84 Å². The molecule has 0 saturated heterocycles. The summed E-state index contributed by atoms with van der Waals surface area (Å²) in [5.74, 6) is 8.42. The first-order chi connectivity index (χ1) is 9.28. The number of aromatic nitrogens is 3. The Morgan fingerprint density at radius 2 is 2.16 bits per heavy atom. The SMILES string of the molecule is Cc1c(NN)nc(C2CC2)nc1NCc1nccs1. The Balaban J connectivity index is 1.83. The van der Waals surface area contributed by atoms with Gasteiger partial charge < -0.3 is 10.7 Å². The number of nitrogens with two attached hydrogens (primary N) is 1. The van der Waals surface area contributed by atoms with E-state index in [0.717, 1.165) is 22.2 Å². The van der Waals surface area contributed by atoms with Gasteiger partial charge in [0, 0.05) is 23.1 Å². The van der Waals surface area contributed by atoms with Crippen LogP contribution < -0.4 is 16.6 Å². The topological polar surface area (TPSA) is 88.8 Å². The molecule has 0 unspecified atom stereocenters. The Labute approximate surface area is 115 Å². The summed E-state index contributed by atoms with van der Waals surface area (Å²) < 4.78 is 0. The van der Waals surface area contributed by atoms with Gasteiger partial charge in [0.05, 0.1) is 6.54 Å². The zero-order chi connectivity index (χ0) is 13.2. The third-order valence-corrected chi connectivity index (χ3v) is 3.91. The van der Waals surface area contributed by atoms with Crippen LogP contribution >= 0.6 is 11.3 Å². The molecule has 2 aromatic rings. The minimum absolute atomic E-state index is 0.494. The van der Waals surface area contributed by atoms with Gasteiger partial charge in [-0.05, 0) is 19.8 Å². The molecule has 19 heavy (non-hydrogen) atoms. The molecule has 0 bridgehead atoms. The second-order valence-electron chi connectivity index (χ2n) is 4.60. The first-order valence-electron chi connectivity index (χ1n) is 6.25. The van der Waals surface area contributed by atoms with Crippen molar-refractivity contribution < 1.29 is 0 Å². The molecule has 3 rings (SSSR count). The van der Waals surface area contributed by atoms with Crippen LogP contribution in [-0.4, -0.2) is 15.0 Å². The Hall–Kier alpha value is -1.73. The molecule has 4 N–H and O–H groups in total. The molecular weight excluding hydrogens is 260 g/mol. The number of nitrogen functional groups attached to an aromatic ring is 1. The van der Waals surface area contributed by atoms with Crippen LogP contribution in [0.25, 0.3) is 0 Å². The number of hydrogen-bond acceptors (Lipinski definition) is 7. The van der Waals surface area contributed by atoms with Crippen LogP contribution in [0.4, 0.5) is 11.6 Å². The van der Waals surface area contributed by atoms with Gasteiger partial charge in [-0.2, -0.15) is 0 Å². The Morgan fingerprint density at radius 3 is 2.79 bits per heavy atom. The minimum Gasteiger partial charge on any atom is -0.363 e. The summed E-state index contributed by atoms with van der Waals surface area (Å²) in [4.78, 5) is 13.3. The highest BCUT2D eigenvalue weighted by Gasteiger charge is 2.28. The molecule has 6 nitrogen and oxygen atoms in total. The van der Waals surface area contributed by atoms with Crippen LogP contribution in [0.3, 0.4) is 0 Å². The fourth-order valence-corrected chi connectivity index (χ4v) is 2.43. The summed E-state index contributed by atoms with van der Waals surface area (Å²) in [7, 11) is 0. The monoisotopic (exact) mass is 276 g/mol. The van der Waals surface area contributed by atoms with E-state index < -0.39 is 0 Å². The van der Waals surface area contributed by atoms with Crippen LogP contribution in [0.15, 0.2) is 11.6 Å². The van der Waals surface area contributed by atoms with E-state index in [-0.39, 0.29) is 0 Å². The first kappa shape index (κ1) is 12.3. The summed E-state index contributed by atoms with van der Waals surface area (Å²) in [6, 6.07) is 0.